The van der Waals surface area contributed by atoms with Crippen LogP contribution < -0.4 is 10.6 Å². The number of anilines is 1. The van der Waals surface area contributed by atoms with E-state index in [-0.39, 0.29) is 11.8 Å². The van der Waals surface area contributed by atoms with Gasteiger partial charge in [0, 0.05) is 12.2 Å². The zero-order chi connectivity index (χ0) is 13.8. The Kier molecular flexibility index (Phi) is 4.59. The SMILES string of the molecule is CCc1cccc(CC)c1NC(=O)C1CNCC1C. The van der Waals surface area contributed by atoms with Gasteiger partial charge in [0.25, 0.3) is 0 Å². The monoisotopic (exact) mass is 260 g/mol. The van der Waals surface area contributed by atoms with Crippen molar-refractivity contribution in [3.05, 3.63) is 29.3 Å². The predicted octanol–water partition coefficient (Wildman–Crippen LogP) is 2.61. The molecule has 2 rings (SSSR count). The molecule has 104 valence electrons. The van der Waals surface area contributed by atoms with Crippen LogP contribution in [0.1, 0.15) is 31.9 Å². The van der Waals surface area contributed by atoms with Gasteiger partial charge in [0.05, 0.1) is 5.92 Å². The van der Waals surface area contributed by atoms with Gasteiger partial charge in [-0.2, -0.15) is 0 Å². The lowest BCUT2D eigenvalue weighted by atomic mass is 9.96. The third kappa shape index (κ3) is 2.98. The summed E-state index contributed by atoms with van der Waals surface area (Å²) in [6.07, 6.45) is 1.89. The average Bonchev–Trinajstić information content (AvgIpc) is 2.85. The highest BCUT2D eigenvalue weighted by molar-refractivity contribution is 5.94. The van der Waals surface area contributed by atoms with Crippen LogP contribution in [0.5, 0.6) is 0 Å². The van der Waals surface area contributed by atoms with Crippen LogP contribution in [-0.4, -0.2) is 19.0 Å². The summed E-state index contributed by atoms with van der Waals surface area (Å²) in [5, 5.41) is 6.46. The molecule has 0 aliphatic carbocycles. The fraction of sp³-hybridized carbons (Fsp3) is 0.562. The smallest absolute Gasteiger partial charge is 0.229 e. The Hall–Kier alpha value is -1.35. The topological polar surface area (TPSA) is 41.1 Å². The lowest BCUT2D eigenvalue weighted by molar-refractivity contribution is -0.120. The first-order valence-electron chi connectivity index (χ1n) is 7.29. The normalized spacial score (nSPS) is 22.5. The van der Waals surface area contributed by atoms with Gasteiger partial charge in [0.1, 0.15) is 0 Å². The van der Waals surface area contributed by atoms with E-state index < -0.39 is 0 Å². The second-order valence-electron chi connectivity index (χ2n) is 5.39. The summed E-state index contributed by atoms with van der Waals surface area (Å²) in [5.74, 6) is 0.668. The summed E-state index contributed by atoms with van der Waals surface area (Å²) in [6, 6.07) is 6.28. The molecule has 1 aliphatic heterocycles. The van der Waals surface area contributed by atoms with E-state index in [1.807, 2.05) is 0 Å². The summed E-state index contributed by atoms with van der Waals surface area (Å²) >= 11 is 0. The molecule has 0 bridgehead atoms. The number of para-hydroxylation sites is 1. The zero-order valence-electron chi connectivity index (χ0n) is 12.1. The van der Waals surface area contributed by atoms with Crippen LogP contribution in [0.15, 0.2) is 18.2 Å². The maximum absolute atomic E-state index is 12.4. The molecule has 0 spiro atoms. The van der Waals surface area contributed by atoms with E-state index in [0.717, 1.165) is 31.6 Å². The largest absolute Gasteiger partial charge is 0.325 e. The molecule has 2 N–H and O–H groups in total. The molecule has 0 radical (unpaired) electrons. The van der Waals surface area contributed by atoms with E-state index in [1.165, 1.54) is 11.1 Å². The molecule has 3 nitrogen and oxygen atoms in total. The Morgan fingerprint density at radius 1 is 1.26 bits per heavy atom. The van der Waals surface area contributed by atoms with Gasteiger partial charge < -0.3 is 10.6 Å². The minimum atomic E-state index is 0.0922. The molecule has 19 heavy (non-hydrogen) atoms. The van der Waals surface area contributed by atoms with Gasteiger partial charge in [0.15, 0.2) is 0 Å². The van der Waals surface area contributed by atoms with E-state index in [4.69, 9.17) is 0 Å². The highest BCUT2D eigenvalue weighted by Crippen LogP contribution is 2.25. The molecule has 3 heteroatoms. The number of benzene rings is 1. The fourth-order valence-electron chi connectivity index (χ4n) is 2.78. The van der Waals surface area contributed by atoms with Crippen LogP contribution >= 0.6 is 0 Å². The van der Waals surface area contributed by atoms with Crippen LogP contribution in [0, 0.1) is 11.8 Å². The molecule has 1 aromatic carbocycles. The highest BCUT2D eigenvalue weighted by atomic mass is 16.1. The Morgan fingerprint density at radius 3 is 2.37 bits per heavy atom. The van der Waals surface area contributed by atoms with Crippen LogP contribution in [0.25, 0.3) is 0 Å². The van der Waals surface area contributed by atoms with Gasteiger partial charge in [-0.15, -0.1) is 0 Å². The van der Waals surface area contributed by atoms with Gasteiger partial charge in [0.2, 0.25) is 5.91 Å². The first-order chi connectivity index (χ1) is 9.17. The molecule has 0 aromatic heterocycles. The van der Waals surface area contributed by atoms with E-state index in [2.05, 4.69) is 49.6 Å². The summed E-state index contributed by atoms with van der Waals surface area (Å²) < 4.78 is 0. The summed E-state index contributed by atoms with van der Waals surface area (Å²) in [4.78, 5) is 12.4. The van der Waals surface area contributed by atoms with Crippen molar-refractivity contribution in [1.82, 2.24) is 5.32 Å². The van der Waals surface area contributed by atoms with Crippen LogP contribution in [0.3, 0.4) is 0 Å². The third-order valence-corrected chi connectivity index (χ3v) is 4.10. The lowest BCUT2D eigenvalue weighted by Gasteiger charge is -2.18. The van der Waals surface area contributed by atoms with Crippen LogP contribution in [0.4, 0.5) is 5.69 Å². The van der Waals surface area contributed by atoms with Crippen LogP contribution in [-0.2, 0) is 17.6 Å². The number of carbonyl (C=O) groups excluding carboxylic acids is 1. The van der Waals surface area contributed by atoms with Crippen molar-refractivity contribution in [2.24, 2.45) is 11.8 Å². The molecule has 1 fully saturated rings. The number of rotatable bonds is 4. The fourth-order valence-corrected chi connectivity index (χ4v) is 2.78. The van der Waals surface area contributed by atoms with Crippen LogP contribution in [0.2, 0.25) is 0 Å². The maximum Gasteiger partial charge on any atom is 0.229 e. The maximum atomic E-state index is 12.4. The standard InChI is InChI=1S/C16H24N2O/c1-4-12-7-6-8-13(5-2)15(12)18-16(19)14-10-17-9-11(14)3/h6-8,11,14,17H,4-5,9-10H2,1-3H3,(H,18,19). The first-order valence-corrected chi connectivity index (χ1v) is 7.29. The van der Waals surface area contributed by atoms with E-state index in [9.17, 15) is 4.79 Å². The van der Waals surface area contributed by atoms with E-state index in [1.54, 1.807) is 0 Å². The van der Waals surface area contributed by atoms with Gasteiger partial charge in [-0.25, -0.2) is 0 Å². The molecular weight excluding hydrogens is 236 g/mol. The van der Waals surface area contributed by atoms with Crippen molar-refractivity contribution in [2.45, 2.75) is 33.6 Å². The molecule has 1 saturated heterocycles. The second-order valence-corrected chi connectivity index (χ2v) is 5.39. The number of aryl methyl sites for hydroxylation is 2. The summed E-state index contributed by atoms with van der Waals surface area (Å²) in [6.45, 7) is 8.13. The molecule has 1 amide bonds. The molecule has 1 aromatic rings. The van der Waals surface area contributed by atoms with Gasteiger partial charge in [-0.05, 0) is 36.4 Å². The Bertz CT molecular complexity index is 434. The minimum absolute atomic E-state index is 0.0922. The number of amides is 1. The second kappa shape index (κ2) is 6.20. The zero-order valence-corrected chi connectivity index (χ0v) is 12.1. The molecule has 1 heterocycles. The van der Waals surface area contributed by atoms with Crippen molar-refractivity contribution >= 4 is 11.6 Å². The molecular formula is C16H24N2O. The van der Waals surface area contributed by atoms with Crippen molar-refractivity contribution < 1.29 is 4.79 Å². The Labute approximate surface area is 115 Å². The average molecular weight is 260 g/mol. The minimum Gasteiger partial charge on any atom is -0.325 e. The van der Waals surface area contributed by atoms with Gasteiger partial charge in [-0.3, -0.25) is 4.79 Å². The van der Waals surface area contributed by atoms with E-state index in [0.29, 0.717) is 5.92 Å². The number of hydrogen-bond acceptors (Lipinski definition) is 2. The quantitative estimate of drug-likeness (QED) is 0.873. The predicted molar refractivity (Wildman–Crippen MR) is 79.4 cm³/mol. The first kappa shape index (κ1) is 14.1. The number of hydrogen-bond donors (Lipinski definition) is 2. The highest BCUT2D eigenvalue weighted by Gasteiger charge is 2.30. The van der Waals surface area contributed by atoms with Gasteiger partial charge >= 0.3 is 0 Å². The third-order valence-electron chi connectivity index (χ3n) is 4.10. The number of nitrogens with one attached hydrogen (secondary N) is 2. The molecule has 1 aliphatic rings. The van der Waals surface area contributed by atoms with Crippen molar-refractivity contribution in [1.29, 1.82) is 0 Å². The summed E-state index contributed by atoms with van der Waals surface area (Å²) in [5.41, 5.74) is 3.49. The Morgan fingerprint density at radius 2 is 1.89 bits per heavy atom. The molecule has 2 atom stereocenters. The Balaban J connectivity index is 2.20. The van der Waals surface area contributed by atoms with Crippen molar-refractivity contribution in [3.63, 3.8) is 0 Å². The van der Waals surface area contributed by atoms with Gasteiger partial charge in [-0.1, -0.05) is 39.0 Å². The van der Waals surface area contributed by atoms with Crippen molar-refractivity contribution in [3.8, 4) is 0 Å². The number of carbonyl (C=O) groups is 1. The summed E-state index contributed by atoms with van der Waals surface area (Å²) in [7, 11) is 0. The lowest BCUT2D eigenvalue weighted by Crippen LogP contribution is -2.28. The molecule has 2 unspecified atom stereocenters. The van der Waals surface area contributed by atoms with E-state index >= 15 is 0 Å². The molecule has 0 saturated carbocycles. The van der Waals surface area contributed by atoms with Crippen molar-refractivity contribution in [2.75, 3.05) is 18.4 Å².